The van der Waals surface area contributed by atoms with Gasteiger partial charge < -0.3 is 14.6 Å². The summed E-state index contributed by atoms with van der Waals surface area (Å²) in [6, 6.07) is 6.85. The molecule has 7 heteroatoms. The molecule has 1 N–H and O–H groups in total. The third-order valence-electron chi connectivity index (χ3n) is 3.73. The summed E-state index contributed by atoms with van der Waals surface area (Å²) in [5.41, 5.74) is 1.38. The van der Waals surface area contributed by atoms with Gasteiger partial charge in [-0.2, -0.15) is 0 Å². The predicted molar refractivity (Wildman–Crippen MR) is 83.7 cm³/mol. The van der Waals surface area contributed by atoms with E-state index in [9.17, 15) is 13.2 Å². The highest BCUT2D eigenvalue weighted by molar-refractivity contribution is 7.94. The molecule has 0 saturated carbocycles. The van der Waals surface area contributed by atoms with Gasteiger partial charge in [-0.3, -0.25) is 4.79 Å². The van der Waals surface area contributed by atoms with E-state index >= 15 is 0 Å². The number of hydrogen-bond acceptors (Lipinski definition) is 4. The molecule has 1 aromatic carbocycles. The number of nitrogens with zero attached hydrogens (tertiary/aromatic N) is 1. The Morgan fingerprint density at radius 1 is 1.36 bits per heavy atom. The number of benzene rings is 1. The largest absolute Gasteiger partial charge is 0.497 e. The number of nitrogens with one attached hydrogen (secondary N) is 1. The lowest BCUT2D eigenvalue weighted by Crippen LogP contribution is -2.36. The van der Waals surface area contributed by atoms with Gasteiger partial charge in [-0.25, -0.2) is 8.42 Å². The van der Waals surface area contributed by atoms with E-state index in [1.165, 1.54) is 6.08 Å². The summed E-state index contributed by atoms with van der Waals surface area (Å²) in [5, 5.41) is 4.76. The van der Waals surface area contributed by atoms with Gasteiger partial charge in [0.1, 0.15) is 11.4 Å². The Kier molecular flexibility index (Phi) is 3.44. The number of sulfone groups is 1. The fraction of sp³-hybridized carbons (Fsp3) is 0.267. The average Bonchev–Trinajstić information content (AvgIpc) is 2.98. The average molecular weight is 320 g/mol. The number of rotatable bonds is 3. The second-order valence-corrected chi connectivity index (χ2v) is 7.18. The number of aromatic nitrogens is 1. The zero-order chi connectivity index (χ0) is 15.9. The van der Waals surface area contributed by atoms with Gasteiger partial charge in [0, 0.05) is 23.4 Å². The molecule has 0 unspecified atom stereocenters. The smallest absolute Gasteiger partial charge is 0.268 e. The van der Waals surface area contributed by atoms with Gasteiger partial charge in [-0.05, 0) is 30.3 Å². The van der Waals surface area contributed by atoms with Gasteiger partial charge in [0.05, 0.1) is 18.9 Å². The standard InChI is InChI=1S/C15H16N2O4S/c1-17-13-4-3-12(21-2)7-10(13)8-14(17)15(18)16-11-5-6-22(19,20)9-11/h3-8,11H,9H2,1-2H3,(H,16,18)/t11-/m0/s1. The fourth-order valence-electron chi connectivity index (χ4n) is 2.58. The van der Waals surface area contributed by atoms with Gasteiger partial charge in [-0.1, -0.05) is 0 Å². The second kappa shape index (κ2) is 5.17. The number of carbonyl (C=O) groups is 1. The molecule has 2 aromatic rings. The van der Waals surface area contributed by atoms with E-state index in [-0.39, 0.29) is 11.7 Å². The van der Waals surface area contributed by atoms with Crippen LogP contribution in [0.25, 0.3) is 10.9 Å². The zero-order valence-corrected chi connectivity index (χ0v) is 13.1. The number of methoxy groups -OCH3 is 1. The van der Waals surface area contributed by atoms with Crippen LogP contribution in [0.5, 0.6) is 5.75 Å². The van der Waals surface area contributed by atoms with E-state index in [0.717, 1.165) is 22.1 Å². The van der Waals surface area contributed by atoms with E-state index in [4.69, 9.17) is 4.74 Å². The Hall–Kier alpha value is -2.28. The molecule has 0 radical (unpaired) electrons. The molecule has 0 fully saturated rings. The Labute approximate surface area is 128 Å². The van der Waals surface area contributed by atoms with Crippen LogP contribution in [0.1, 0.15) is 10.5 Å². The summed E-state index contributed by atoms with van der Waals surface area (Å²) in [4.78, 5) is 12.4. The summed E-state index contributed by atoms with van der Waals surface area (Å²) >= 11 is 0. The third-order valence-corrected chi connectivity index (χ3v) is 5.12. The van der Waals surface area contributed by atoms with E-state index < -0.39 is 15.9 Å². The first kappa shape index (κ1) is 14.6. The Bertz CT molecular complexity index is 880. The molecular weight excluding hydrogens is 304 g/mol. The van der Waals surface area contributed by atoms with Crippen LogP contribution in [0.4, 0.5) is 0 Å². The topological polar surface area (TPSA) is 77.4 Å². The Balaban J connectivity index is 1.88. The normalized spacial score (nSPS) is 19.5. The van der Waals surface area contributed by atoms with Crippen LogP contribution in [-0.2, 0) is 16.9 Å². The summed E-state index contributed by atoms with van der Waals surface area (Å²) in [5.74, 6) is 0.329. The van der Waals surface area contributed by atoms with Crippen molar-refractivity contribution in [2.75, 3.05) is 12.9 Å². The molecule has 1 aromatic heterocycles. The minimum atomic E-state index is -3.19. The molecule has 1 aliphatic heterocycles. The van der Waals surface area contributed by atoms with Gasteiger partial charge in [-0.15, -0.1) is 0 Å². The lowest BCUT2D eigenvalue weighted by Gasteiger charge is -2.10. The molecule has 116 valence electrons. The number of aryl methyl sites for hydroxylation is 1. The van der Waals surface area contributed by atoms with Crippen molar-refractivity contribution in [1.29, 1.82) is 0 Å². The van der Waals surface area contributed by atoms with Crippen LogP contribution < -0.4 is 10.1 Å². The second-order valence-electron chi connectivity index (χ2n) is 5.25. The van der Waals surface area contributed by atoms with Crippen LogP contribution in [0.3, 0.4) is 0 Å². The van der Waals surface area contributed by atoms with Crippen molar-refractivity contribution in [3.63, 3.8) is 0 Å². The summed E-state index contributed by atoms with van der Waals surface area (Å²) in [6.07, 6.45) is 1.50. The van der Waals surface area contributed by atoms with E-state index in [1.54, 1.807) is 24.8 Å². The van der Waals surface area contributed by atoms with Gasteiger partial charge in [0.2, 0.25) is 0 Å². The molecule has 1 atom stereocenters. The molecule has 1 aliphatic rings. The quantitative estimate of drug-likeness (QED) is 0.922. The number of amides is 1. The van der Waals surface area contributed by atoms with Gasteiger partial charge in [0.25, 0.3) is 5.91 Å². The monoisotopic (exact) mass is 320 g/mol. The van der Waals surface area contributed by atoms with E-state index in [0.29, 0.717) is 5.69 Å². The van der Waals surface area contributed by atoms with Crippen LogP contribution in [0, 0.1) is 0 Å². The number of hydrogen-bond donors (Lipinski definition) is 1. The fourth-order valence-corrected chi connectivity index (χ4v) is 3.82. The number of carbonyl (C=O) groups excluding carboxylic acids is 1. The molecule has 0 bridgehead atoms. The van der Waals surface area contributed by atoms with Crippen molar-refractivity contribution in [2.45, 2.75) is 6.04 Å². The maximum atomic E-state index is 12.4. The molecule has 0 aliphatic carbocycles. The van der Waals surface area contributed by atoms with Crippen LogP contribution in [-0.4, -0.2) is 37.8 Å². The SMILES string of the molecule is COc1ccc2c(c1)cc(C(=O)N[C@H]1C=CS(=O)(=O)C1)n2C. The molecular formula is C15H16N2O4S. The first-order chi connectivity index (χ1) is 10.4. The van der Waals surface area contributed by atoms with Crippen LogP contribution in [0.2, 0.25) is 0 Å². The molecule has 0 spiro atoms. The van der Waals surface area contributed by atoms with Gasteiger partial charge >= 0.3 is 0 Å². The minimum Gasteiger partial charge on any atom is -0.497 e. The molecule has 2 heterocycles. The molecule has 0 saturated heterocycles. The maximum absolute atomic E-state index is 12.4. The molecule has 3 rings (SSSR count). The Morgan fingerprint density at radius 2 is 2.14 bits per heavy atom. The van der Waals surface area contributed by atoms with Gasteiger partial charge in [0.15, 0.2) is 9.84 Å². The molecule has 22 heavy (non-hydrogen) atoms. The van der Waals surface area contributed by atoms with Crippen molar-refractivity contribution < 1.29 is 17.9 Å². The summed E-state index contributed by atoms with van der Waals surface area (Å²) < 4.78 is 29.7. The van der Waals surface area contributed by atoms with Crippen molar-refractivity contribution in [3.8, 4) is 5.75 Å². The van der Waals surface area contributed by atoms with E-state index in [1.807, 2.05) is 18.2 Å². The lowest BCUT2D eigenvalue weighted by atomic mass is 10.2. The summed E-state index contributed by atoms with van der Waals surface area (Å²) in [6.45, 7) is 0. The van der Waals surface area contributed by atoms with Crippen LogP contribution >= 0.6 is 0 Å². The third kappa shape index (κ3) is 2.59. The first-order valence-electron chi connectivity index (χ1n) is 6.75. The highest BCUT2D eigenvalue weighted by Gasteiger charge is 2.24. The van der Waals surface area contributed by atoms with Crippen molar-refractivity contribution in [3.05, 3.63) is 41.4 Å². The first-order valence-corrected chi connectivity index (χ1v) is 8.46. The van der Waals surface area contributed by atoms with Crippen molar-refractivity contribution in [2.24, 2.45) is 7.05 Å². The lowest BCUT2D eigenvalue weighted by molar-refractivity contribution is 0.0940. The zero-order valence-electron chi connectivity index (χ0n) is 12.2. The number of fused-ring (bicyclic) bond motifs is 1. The number of ether oxygens (including phenoxy) is 1. The van der Waals surface area contributed by atoms with Crippen molar-refractivity contribution in [1.82, 2.24) is 9.88 Å². The molecule has 6 nitrogen and oxygen atoms in total. The highest BCUT2D eigenvalue weighted by atomic mass is 32.2. The van der Waals surface area contributed by atoms with Crippen molar-refractivity contribution >= 4 is 26.6 Å². The molecule has 1 amide bonds. The Morgan fingerprint density at radius 3 is 2.77 bits per heavy atom. The highest BCUT2D eigenvalue weighted by Crippen LogP contribution is 2.24. The van der Waals surface area contributed by atoms with E-state index in [2.05, 4.69) is 5.32 Å². The maximum Gasteiger partial charge on any atom is 0.268 e. The predicted octanol–water partition coefficient (Wildman–Crippen LogP) is 1.23. The van der Waals surface area contributed by atoms with Crippen LogP contribution in [0.15, 0.2) is 35.7 Å². The summed E-state index contributed by atoms with van der Waals surface area (Å²) in [7, 11) is 0.199. The minimum absolute atomic E-state index is 0.0868.